The molecule has 0 aliphatic heterocycles. The summed E-state index contributed by atoms with van der Waals surface area (Å²) in [6.45, 7) is 2.62. The minimum absolute atomic E-state index is 0.227. The van der Waals surface area contributed by atoms with Gasteiger partial charge in [-0.05, 0) is 24.9 Å². The minimum atomic E-state index is -0.311. The van der Waals surface area contributed by atoms with E-state index in [1.54, 1.807) is 6.07 Å². The van der Waals surface area contributed by atoms with E-state index in [1.165, 1.54) is 13.2 Å². The number of para-hydroxylation sites is 1. The Hall–Kier alpha value is -1.09. The fourth-order valence-corrected chi connectivity index (χ4v) is 1.53. The molecule has 1 aromatic carbocycles. The molecule has 1 aromatic rings. The van der Waals surface area contributed by atoms with Crippen molar-refractivity contribution in [1.82, 2.24) is 0 Å². The highest BCUT2D eigenvalue weighted by atomic mass is 19.1. The monoisotopic (exact) mass is 197 g/mol. The third-order valence-corrected chi connectivity index (χ3v) is 2.33. The molecule has 0 aromatic heterocycles. The van der Waals surface area contributed by atoms with Crippen molar-refractivity contribution in [3.63, 3.8) is 0 Å². The van der Waals surface area contributed by atoms with Gasteiger partial charge in [0, 0.05) is 5.56 Å². The summed E-state index contributed by atoms with van der Waals surface area (Å²) >= 11 is 0. The quantitative estimate of drug-likeness (QED) is 0.803. The van der Waals surface area contributed by atoms with E-state index in [2.05, 4.69) is 0 Å². The van der Waals surface area contributed by atoms with Gasteiger partial charge < -0.3 is 10.5 Å². The van der Waals surface area contributed by atoms with Crippen LogP contribution in [-0.2, 0) is 0 Å². The summed E-state index contributed by atoms with van der Waals surface area (Å²) < 4.78 is 18.3. The zero-order valence-electron chi connectivity index (χ0n) is 8.59. The molecule has 0 aliphatic carbocycles. The molecule has 0 fully saturated rings. The number of ether oxygens (including phenoxy) is 1. The molecule has 1 rings (SSSR count). The van der Waals surface area contributed by atoms with Gasteiger partial charge in [-0.2, -0.15) is 0 Å². The molecule has 0 heterocycles. The molecule has 2 nitrogen and oxygen atoms in total. The maximum absolute atomic E-state index is 13.3. The molecule has 78 valence electrons. The molecule has 14 heavy (non-hydrogen) atoms. The van der Waals surface area contributed by atoms with Crippen molar-refractivity contribution in [1.29, 1.82) is 0 Å². The van der Waals surface area contributed by atoms with E-state index < -0.39 is 0 Å². The van der Waals surface area contributed by atoms with Crippen LogP contribution in [0.1, 0.15) is 24.8 Å². The van der Waals surface area contributed by atoms with Crippen LogP contribution in [0.15, 0.2) is 18.2 Å². The van der Waals surface area contributed by atoms with E-state index in [4.69, 9.17) is 10.5 Å². The topological polar surface area (TPSA) is 35.2 Å². The van der Waals surface area contributed by atoms with E-state index in [9.17, 15) is 4.39 Å². The Kier molecular flexibility index (Phi) is 3.89. The first kappa shape index (κ1) is 11.0. The van der Waals surface area contributed by atoms with Gasteiger partial charge >= 0.3 is 0 Å². The Morgan fingerprint density at radius 2 is 2.21 bits per heavy atom. The highest BCUT2D eigenvalue weighted by Gasteiger charge is 2.13. The second-order valence-electron chi connectivity index (χ2n) is 3.34. The Morgan fingerprint density at radius 3 is 2.79 bits per heavy atom. The normalized spacial score (nSPS) is 12.6. The second kappa shape index (κ2) is 4.96. The van der Waals surface area contributed by atoms with E-state index in [0.717, 1.165) is 12.0 Å². The van der Waals surface area contributed by atoms with Gasteiger partial charge in [0.15, 0.2) is 11.6 Å². The van der Waals surface area contributed by atoms with Crippen molar-refractivity contribution in [2.24, 2.45) is 5.73 Å². The number of nitrogens with two attached hydrogens (primary N) is 1. The SMILES string of the molecule is COc1c(F)cccc1C(C)CCN. The predicted octanol–water partition coefficient (Wildman–Crippen LogP) is 2.29. The standard InChI is InChI=1S/C11H16FNO/c1-8(6-7-13)9-4-3-5-10(12)11(9)14-2/h3-5,8H,6-7,13H2,1-2H3. The van der Waals surface area contributed by atoms with Gasteiger partial charge in [0.25, 0.3) is 0 Å². The Morgan fingerprint density at radius 1 is 1.50 bits per heavy atom. The summed E-state index contributed by atoms with van der Waals surface area (Å²) in [7, 11) is 1.48. The number of methoxy groups -OCH3 is 1. The van der Waals surface area contributed by atoms with Gasteiger partial charge in [-0.15, -0.1) is 0 Å². The summed E-state index contributed by atoms with van der Waals surface area (Å²) in [6, 6.07) is 4.97. The van der Waals surface area contributed by atoms with Crippen LogP contribution in [0.3, 0.4) is 0 Å². The van der Waals surface area contributed by atoms with Gasteiger partial charge in [0.05, 0.1) is 7.11 Å². The average molecular weight is 197 g/mol. The summed E-state index contributed by atoms with van der Waals surface area (Å²) in [5.74, 6) is 0.257. The maximum Gasteiger partial charge on any atom is 0.165 e. The average Bonchev–Trinajstić information content (AvgIpc) is 2.17. The summed E-state index contributed by atoms with van der Waals surface area (Å²) in [5.41, 5.74) is 6.35. The summed E-state index contributed by atoms with van der Waals surface area (Å²) in [6.07, 6.45) is 0.833. The summed E-state index contributed by atoms with van der Waals surface area (Å²) in [5, 5.41) is 0. The molecule has 1 unspecified atom stereocenters. The molecule has 0 amide bonds. The van der Waals surface area contributed by atoms with Crippen LogP contribution in [-0.4, -0.2) is 13.7 Å². The van der Waals surface area contributed by atoms with Crippen LogP contribution >= 0.6 is 0 Å². The maximum atomic E-state index is 13.3. The second-order valence-corrected chi connectivity index (χ2v) is 3.34. The lowest BCUT2D eigenvalue weighted by atomic mass is 9.97. The predicted molar refractivity (Wildman–Crippen MR) is 55.0 cm³/mol. The van der Waals surface area contributed by atoms with Gasteiger partial charge in [-0.3, -0.25) is 0 Å². The molecule has 3 heteroatoms. The fraction of sp³-hybridized carbons (Fsp3) is 0.455. The smallest absolute Gasteiger partial charge is 0.165 e. The molecule has 1 atom stereocenters. The van der Waals surface area contributed by atoms with Crippen LogP contribution in [0.2, 0.25) is 0 Å². The molecule has 2 N–H and O–H groups in total. The van der Waals surface area contributed by atoms with Crippen LogP contribution in [0.5, 0.6) is 5.75 Å². The van der Waals surface area contributed by atoms with Crippen LogP contribution < -0.4 is 10.5 Å². The first-order valence-electron chi connectivity index (χ1n) is 4.73. The van der Waals surface area contributed by atoms with Crippen molar-refractivity contribution >= 4 is 0 Å². The van der Waals surface area contributed by atoms with Gasteiger partial charge in [0.1, 0.15) is 0 Å². The molecular weight excluding hydrogens is 181 g/mol. The van der Waals surface area contributed by atoms with Crippen LogP contribution in [0.4, 0.5) is 4.39 Å². The minimum Gasteiger partial charge on any atom is -0.493 e. The number of hydrogen-bond donors (Lipinski definition) is 1. The van der Waals surface area contributed by atoms with E-state index in [1.807, 2.05) is 13.0 Å². The Labute approximate surface area is 83.9 Å². The lowest BCUT2D eigenvalue weighted by Gasteiger charge is -2.14. The van der Waals surface area contributed by atoms with E-state index in [-0.39, 0.29) is 11.7 Å². The summed E-state index contributed by atoms with van der Waals surface area (Å²) in [4.78, 5) is 0. The molecule has 0 bridgehead atoms. The van der Waals surface area contributed by atoms with Gasteiger partial charge in [0.2, 0.25) is 0 Å². The first-order valence-corrected chi connectivity index (χ1v) is 4.73. The lowest BCUT2D eigenvalue weighted by Crippen LogP contribution is -2.06. The largest absolute Gasteiger partial charge is 0.493 e. The number of benzene rings is 1. The van der Waals surface area contributed by atoms with Crippen molar-refractivity contribution in [3.05, 3.63) is 29.6 Å². The van der Waals surface area contributed by atoms with Crippen molar-refractivity contribution < 1.29 is 9.13 Å². The number of rotatable bonds is 4. The fourth-order valence-electron chi connectivity index (χ4n) is 1.53. The van der Waals surface area contributed by atoms with Crippen molar-refractivity contribution in [3.8, 4) is 5.75 Å². The first-order chi connectivity index (χ1) is 6.70. The molecule has 0 saturated heterocycles. The van der Waals surface area contributed by atoms with E-state index >= 15 is 0 Å². The van der Waals surface area contributed by atoms with Crippen molar-refractivity contribution in [2.45, 2.75) is 19.3 Å². The molecule has 0 radical (unpaired) electrons. The van der Waals surface area contributed by atoms with E-state index in [0.29, 0.717) is 12.3 Å². The van der Waals surface area contributed by atoms with Gasteiger partial charge in [-0.1, -0.05) is 19.1 Å². The molecule has 0 aliphatic rings. The van der Waals surface area contributed by atoms with Gasteiger partial charge in [-0.25, -0.2) is 4.39 Å². The highest BCUT2D eigenvalue weighted by molar-refractivity contribution is 5.37. The number of halogens is 1. The highest BCUT2D eigenvalue weighted by Crippen LogP contribution is 2.30. The third-order valence-electron chi connectivity index (χ3n) is 2.33. The molecule has 0 saturated carbocycles. The molecule has 0 spiro atoms. The number of hydrogen-bond acceptors (Lipinski definition) is 2. The lowest BCUT2D eigenvalue weighted by molar-refractivity contribution is 0.377. The zero-order valence-corrected chi connectivity index (χ0v) is 8.59. The van der Waals surface area contributed by atoms with Crippen LogP contribution in [0, 0.1) is 5.82 Å². The Balaban J connectivity index is 3.00. The third kappa shape index (κ3) is 2.23. The zero-order chi connectivity index (χ0) is 10.6. The Bertz CT molecular complexity index is 301. The van der Waals surface area contributed by atoms with Crippen LogP contribution in [0.25, 0.3) is 0 Å². The molecular formula is C11H16FNO. The van der Waals surface area contributed by atoms with Crippen molar-refractivity contribution in [2.75, 3.05) is 13.7 Å².